The van der Waals surface area contributed by atoms with E-state index < -0.39 is 31.5 Å². The average molecular weight is 440 g/mol. The molecule has 4 bridgehead atoms. The summed E-state index contributed by atoms with van der Waals surface area (Å²) in [5.74, 6) is 0.858. The Balaban J connectivity index is 2.12. The van der Waals surface area contributed by atoms with Crippen LogP contribution in [0.25, 0.3) is 0 Å². The molecule has 0 saturated heterocycles. The average Bonchev–Trinajstić information content (AvgIpc) is 2.79. The molecular formula is C23H29BN2O6. The van der Waals surface area contributed by atoms with E-state index in [0.717, 1.165) is 11.1 Å². The normalized spacial score (nSPS) is 18.8. The SMILES string of the molecule is COc1ccc2cc1Oc1ccc(cc1)C[C@H](N(C)B(C)O)C(=O)N(C)[C@H](C(=O)CO)C2. The molecule has 0 spiro atoms. The Labute approximate surface area is 188 Å². The number of hydrogen-bond donors (Lipinski definition) is 2. The van der Waals surface area contributed by atoms with Gasteiger partial charge in [0.2, 0.25) is 5.91 Å². The molecule has 0 radical (unpaired) electrons. The molecule has 170 valence electrons. The smallest absolute Gasteiger partial charge is 0.376 e. The number of Topliss-reactive ketones (excluding diaryl/α,β-unsaturated/α-hetero) is 1. The second-order valence-corrected chi connectivity index (χ2v) is 8.04. The summed E-state index contributed by atoms with van der Waals surface area (Å²) in [6.45, 7) is 0.907. The first-order valence-corrected chi connectivity index (χ1v) is 10.5. The Bertz CT molecular complexity index is 965. The maximum Gasteiger partial charge on any atom is 0.376 e. The summed E-state index contributed by atoms with van der Waals surface area (Å²) in [7, 11) is 3.90. The van der Waals surface area contributed by atoms with Crippen LogP contribution in [0.1, 0.15) is 11.1 Å². The van der Waals surface area contributed by atoms with E-state index in [1.54, 1.807) is 51.0 Å². The van der Waals surface area contributed by atoms with Crippen LogP contribution in [0.4, 0.5) is 0 Å². The van der Waals surface area contributed by atoms with Crippen LogP contribution < -0.4 is 9.47 Å². The van der Waals surface area contributed by atoms with E-state index in [0.29, 0.717) is 23.7 Å². The number of aliphatic hydroxyl groups excluding tert-OH is 1. The van der Waals surface area contributed by atoms with Crippen LogP contribution >= 0.6 is 0 Å². The molecule has 0 saturated carbocycles. The third-order valence-corrected chi connectivity index (χ3v) is 5.95. The van der Waals surface area contributed by atoms with E-state index in [4.69, 9.17) is 9.47 Å². The van der Waals surface area contributed by atoms with Crippen LogP contribution in [0, 0.1) is 0 Å². The van der Waals surface area contributed by atoms with Crippen molar-refractivity contribution in [1.29, 1.82) is 0 Å². The third kappa shape index (κ3) is 5.12. The van der Waals surface area contributed by atoms with Gasteiger partial charge in [0, 0.05) is 13.5 Å². The van der Waals surface area contributed by atoms with Crippen LogP contribution in [0.15, 0.2) is 42.5 Å². The lowest BCUT2D eigenvalue weighted by molar-refractivity contribution is -0.142. The van der Waals surface area contributed by atoms with E-state index in [1.165, 1.54) is 4.90 Å². The van der Waals surface area contributed by atoms with Crippen LogP contribution in [0.2, 0.25) is 6.82 Å². The van der Waals surface area contributed by atoms with Crippen molar-refractivity contribution in [2.24, 2.45) is 0 Å². The van der Waals surface area contributed by atoms with E-state index in [2.05, 4.69) is 0 Å². The summed E-state index contributed by atoms with van der Waals surface area (Å²) < 4.78 is 11.4. The molecular weight excluding hydrogens is 411 g/mol. The van der Waals surface area contributed by atoms with Crippen molar-refractivity contribution < 1.29 is 29.2 Å². The minimum absolute atomic E-state index is 0.199. The molecule has 4 rings (SSSR count). The van der Waals surface area contributed by atoms with E-state index in [1.807, 2.05) is 24.3 Å². The first kappa shape index (κ1) is 23.8. The second kappa shape index (κ2) is 10.2. The summed E-state index contributed by atoms with van der Waals surface area (Å²) >= 11 is 0. The van der Waals surface area contributed by atoms with E-state index in [9.17, 15) is 19.7 Å². The molecule has 0 unspecified atom stereocenters. The van der Waals surface area contributed by atoms with Gasteiger partial charge in [0.25, 0.3) is 0 Å². The first-order chi connectivity index (χ1) is 15.2. The van der Waals surface area contributed by atoms with Gasteiger partial charge in [0.1, 0.15) is 12.4 Å². The van der Waals surface area contributed by atoms with Crippen molar-refractivity contribution in [3.05, 3.63) is 53.6 Å². The lowest BCUT2D eigenvalue weighted by Gasteiger charge is -2.35. The molecule has 2 aromatic carbocycles. The lowest BCUT2D eigenvalue weighted by Crippen LogP contribution is -2.56. The number of methoxy groups -OCH3 is 1. The zero-order valence-electron chi connectivity index (χ0n) is 18.8. The van der Waals surface area contributed by atoms with E-state index >= 15 is 0 Å². The minimum Gasteiger partial charge on any atom is -0.493 e. The van der Waals surface area contributed by atoms with Gasteiger partial charge in [-0.15, -0.1) is 0 Å². The molecule has 2 aliphatic heterocycles. The van der Waals surface area contributed by atoms with Crippen LogP contribution in [0.3, 0.4) is 0 Å². The number of carbonyl (C=O) groups excluding carboxylic acids is 2. The largest absolute Gasteiger partial charge is 0.493 e. The van der Waals surface area contributed by atoms with Crippen molar-refractivity contribution in [2.75, 3.05) is 27.8 Å². The Kier molecular flexibility index (Phi) is 7.55. The van der Waals surface area contributed by atoms with Crippen molar-refractivity contribution >= 4 is 18.7 Å². The predicted octanol–water partition coefficient (Wildman–Crippen LogP) is 1.39. The Morgan fingerprint density at radius 2 is 1.88 bits per heavy atom. The Morgan fingerprint density at radius 3 is 2.47 bits per heavy atom. The molecule has 0 aromatic heterocycles. The van der Waals surface area contributed by atoms with Gasteiger partial charge in [-0.25, -0.2) is 0 Å². The van der Waals surface area contributed by atoms with Gasteiger partial charge in [-0.3, -0.25) is 9.59 Å². The zero-order chi connectivity index (χ0) is 23.4. The van der Waals surface area contributed by atoms with Gasteiger partial charge in [-0.2, -0.15) is 0 Å². The number of hydrogen-bond acceptors (Lipinski definition) is 7. The number of carbonyl (C=O) groups is 2. The first-order valence-electron chi connectivity index (χ1n) is 10.5. The maximum atomic E-state index is 13.5. The number of benzene rings is 2. The van der Waals surface area contributed by atoms with Crippen molar-refractivity contribution in [1.82, 2.24) is 9.71 Å². The molecule has 1 amide bonds. The highest BCUT2D eigenvalue weighted by molar-refractivity contribution is 6.45. The second-order valence-electron chi connectivity index (χ2n) is 8.04. The fourth-order valence-corrected chi connectivity index (χ4v) is 3.82. The summed E-state index contributed by atoms with van der Waals surface area (Å²) in [6.07, 6.45) is 0.532. The Morgan fingerprint density at radius 1 is 1.22 bits per heavy atom. The molecule has 2 atom stereocenters. The van der Waals surface area contributed by atoms with Crippen molar-refractivity contribution in [2.45, 2.75) is 31.7 Å². The summed E-state index contributed by atoms with van der Waals surface area (Å²) in [6, 6.07) is 11.1. The molecule has 2 heterocycles. The van der Waals surface area contributed by atoms with Gasteiger partial charge < -0.3 is 29.3 Å². The molecule has 8 nitrogen and oxygen atoms in total. The van der Waals surface area contributed by atoms with Crippen LogP contribution in [0.5, 0.6) is 17.2 Å². The number of amides is 1. The lowest BCUT2D eigenvalue weighted by atomic mass is 9.82. The Hall–Kier alpha value is -2.88. The highest BCUT2D eigenvalue weighted by Gasteiger charge is 2.35. The molecule has 0 fully saturated rings. The number of ether oxygens (including phenoxy) is 2. The summed E-state index contributed by atoms with van der Waals surface area (Å²) in [5, 5.41) is 19.7. The predicted molar refractivity (Wildman–Crippen MR) is 121 cm³/mol. The monoisotopic (exact) mass is 440 g/mol. The highest BCUT2D eigenvalue weighted by atomic mass is 16.5. The topological polar surface area (TPSA) is 99.5 Å². The van der Waals surface area contributed by atoms with Crippen LogP contribution in [-0.2, 0) is 22.4 Å². The fraction of sp³-hybridized carbons (Fsp3) is 0.391. The summed E-state index contributed by atoms with van der Waals surface area (Å²) in [4.78, 5) is 29.1. The highest BCUT2D eigenvalue weighted by Crippen LogP contribution is 2.33. The van der Waals surface area contributed by atoms with Crippen molar-refractivity contribution in [3.8, 4) is 17.2 Å². The molecule has 2 aromatic rings. The number of fused-ring (bicyclic) bond motifs is 7. The number of nitrogens with zero attached hydrogens (tertiary/aromatic N) is 2. The maximum absolute atomic E-state index is 13.5. The third-order valence-electron chi connectivity index (χ3n) is 5.95. The molecule has 9 heteroatoms. The van der Waals surface area contributed by atoms with Crippen molar-refractivity contribution in [3.63, 3.8) is 0 Å². The van der Waals surface area contributed by atoms with E-state index in [-0.39, 0.29) is 12.3 Å². The minimum atomic E-state index is -0.873. The summed E-state index contributed by atoms with van der Waals surface area (Å²) in [5.41, 5.74) is 1.63. The molecule has 2 aliphatic rings. The van der Waals surface area contributed by atoms with Gasteiger partial charge in [0.05, 0.1) is 19.2 Å². The number of ketones is 1. The zero-order valence-corrected chi connectivity index (χ0v) is 18.8. The van der Waals surface area contributed by atoms with Crippen LogP contribution in [-0.4, -0.2) is 78.5 Å². The standard InChI is InChI=1S/C23H29BN2O6/c1-24(30)26(3)19-11-15-5-8-17(9-6-15)32-22-13-16(7-10-21(22)31-4)12-18(20(28)14-27)25(2)23(19)29/h5-10,13,18-19,27,30H,11-12,14H2,1-4H3/t18-,19-/m0/s1. The number of likely N-dealkylation sites (N-methyl/N-ethyl adjacent to an activating group) is 2. The van der Waals surface area contributed by atoms with Gasteiger partial charge in [-0.1, -0.05) is 18.2 Å². The quantitative estimate of drug-likeness (QED) is 0.678. The molecule has 2 N–H and O–H groups in total. The van der Waals surface area contributed by atoms with Gasteiger partial charge in [0.15, 0.2) is 17.3 Å². The van der Waals surface area contributed by atoms with Gasteiger partial charge >= 0.3 is 7.05 Å². The molecule has 32 heavy (non-hydrogen) atoms. The number of aliphatic hydroxyl groups is 1. The van der Waals surface area contributed by atoms with Gasteiger partial charge in [-0.05, 0) is 55.7 Å². The molecule has 0 aliphatic carbocycles. The number of rotatable bonds is 5. The fourth-order valence-electron chi connectivity index (χ4n) is 3.82.